The molecule has 2 N–H and O–H groups in total. The van der Waals surface area contributed by atoms with Crippen molar-refractivity contribution in [2.24, 2.45) is 5.73 Å². The van der Waals surface area contributed by atoms with Gasteiger partial charge in [0.2, 0.25) is 11.7 Å². The maximum absolute atomic E-state index is 5.40. The van der Waals surface area contributed by atoms with Crippen LogP contribution in [0.2, 0.25) is 0 Å². The first kappa shape index (κ1) is 11.4. The molecule has 17 heavy (non-hydrogen) atoms. The van der Waals surface area contributed by atoms with E-state index in [1.807, 2.05) is 6.07 Å². The fourth-order valence-corrected chi connectivity index (χ4v) is 1.43. The van der Waals surface area contributed by atoms with E-state index in [0.29, 0.717) is 23.2 Å². The van der Waals surface area contributed by atoms with Gasteiger partial charge in [0.15, 0.2) is 11.5 Å². The summed E-state index contributed by atoms with van der Waals surface area (Å²) < 4.78 is 15.3. The standard InChI is InChI=1S/C11H13N3O3/c1-15-8-4-3-7(5-9(8)16-2)11-13-10(6-12)17-14-11/h3-5H,6,12H2,1-2H3. The van der Waals surface area contributed by atoms with E-state index in [1.165, 1.54) is 0 Å². The Bertz CT molecular complexity index is 510. The van der Waals surface area contributed by atoms with Gasteiger partial charge in [-0.2, -0.15) is 4.98 Å². The largest absolute Gasteiger partial charge is 0.493 e. The average Bonchev–Trinajstić information content (AvgIpc) is 2.86. The molecular formula is C11H13N3O3. The Morgan fingerprint density at radius 2 is 2.00 bits per heavy atom. The molecule has 0 unspecified atom stereocenters. The van der Waals surface area contributed by atoms with Crippen molar-refractivity contribution in [1.82, 2.24) is 10.1 Å². The summed E-state index contributed by atoms with van der Waals surface area (Å²) in [6.45, 7) is 0.223. The lowest BCUT2D eigenvalue weighted by Gasteiger charge is -2.07. The first-order chi connectivity index (χ1) is 8.28. The number of aromatic nitrogens is 2. The minimum absolute atomic E-state index is 0.223. The Kier molecular flexibility index (Phi) is 3.24. The topological polar surface area (TPSA) is 83.4 Å². The van der Waals surface area contributed by atoms with Crippen molar-refractivity contribution >= 4 is 0 Å². The van der Waals surface area contributed by atoms with E-state index in [9.17, 15) is 0 Å². The Balaban J connectivity index is 2.38. The summed E-state index contributed by atoms with van der Waals surface area (Å²) in [5.41, 5.74) is 6.19. The zero-order valence-corrected chi connectivity index (χ0v) is 9.64. The van der Waals surface area contributed by atoms with Crippen molar-refractivity contribution in [2.45, 2.75) is 6.54 Å². The van der Waals surface area contributed by atoms with Gasteiger partial charge in [0.25, 0.3) is 0 Å². The Morgan fingerprint density at radius 3 is 2.59 bits per heavy atom. The highest BCUT2D eigenvalue weighted by atomic mass is 16.5. The Labute approximate surface area is 98.3 Å². The number of ether oxygens (including phenoxy) is 2. The van der Waals surface area contributed by atoms with E-state index >= 15 is 0 Å². The summed E-state index contributed by atoms with van der Waals surface area (Å²) in [5.74, 6) is 2.14. The van der Waals surface area contributed by atoms with Gasteiger partial charge >= 0.3 is 0 Å². The second kappa shape index (κ2) is 4.84. The van der Waals surface area contributed by atoms with Crippen molar-refractivity contribution in [2.75, 3.05) is 14.2 Å². The number of nitrogens with two attached hydrogens (primary N) is 1. The monoisotopic (exact) mass is 235 g/mol. The van der Waals surface area contributed by atoms with Crippen molar-refractivity contribution in [3.8, 4) is 22.9 Å². The summed E-state index contributed by atoms with van der Waals surface area (Å²) in [7, 11) is 3.15. The van der Waals surface area contributed by atoms with Gasteiger partial charge in [0, 0.05) is 5.56 Å². The van der Waals surface area contributed by atoms with Crippen LogP contribution in [0.15, 0.2) is 22.7 Å². The highest BCUT2D eigenvalue weighted by Crippen LogP contribution is 2.31. The van der Waals surface area contributed by atoms with Gasteiger partial charge in [-0.15, -0.1) is 0 Å². The van der Waals surface area contributed by atoms with E-state index in [4.69, 9.17) is 19.7 Å². The molecule has 2 aromatic rings. The van der Waals surface area contributed by atoms with Gasteiger partial charge in [-0.05, 0) is 18.2 Å². The number of hydrogen-bond acceptors (Lipinski definition) is 6. The van der Waals surface area contributed by atoms with Crippen LogP contribution in [0.4, 0.5) is 0 Å². The van der Waals surface area contributed by atoms with Crippen molar-refractivity contribution in [1.29, 1.82) is 0 Å². The van der Waals surface area contributed by atoms with E-state index in [-0.39, 0.29) is 6.54 Å². The van der Waals surface area contributed by atoms with Crippen molar-refractivity contribution in [3.63, 3.8) is 0 Å². The van der Waals surface area contributed by atoms with Crippen LogP contribution in [0, 0.1) is 0 Å². The van der Waals surface area contributed by atoms with E-state index in [0.717, 1.165) is 5.56 Å². The molecule has 0 spiro atoms. The van der Waals surface area contributed by atoms with Crippen LogP contribution < -0.4 is 15.2 Å². The van der Waals surface area contributed by atoms with Gasteiger partial charge < -0.3 is 19.7 Å². The number of hydrogen-bond donors (Lipinski definition) is 1. The predicted octanol–water partition coefficient (Wildman–Crippen LogP) is 1.21. The van der Waals surface area contributed by atoms with Crippen LogP contribution in [0.3, 0.4) is 0 Å². The van der Waals surface area contributed by atoms with Crippen LogP contribution in [0.1, 0.15) is 5.89 Å². The van der Waals surface area contributed by atoms with Gasteiger partial charge in [0.05, 0.1) is 20.8 Å². The molecule has 90 valence electrons. The number of nitrogens with zero attached hydrogens (tertiary/aromatic N) is 2. The fraction of sp³-hybridized carbons (Fsp3) is 0.273. The molecule has 0 saturated carbocycles. The summed E-state index contributed by atoms with van der Waals surface area (Å²) in [6, 6.07) is 5.39. The molecule has 0 radical (unpaired) electrons. The van der Waals surface area contributed by atoms with Crippen LogP contribution in [0.5, 0.6) is 11.5 Å². The molecule has 0 atom stereocenters. The molecule has 0 aliphatic rings. The second-order valence-electron chi connectivity index (χ2n) is 3.29. The first-order valence-corrected chi connectivity index (χ1v) is 5.03. The normalized spacial score (nSPS) is 10.3. The third-order valence-electron chi connectivity index (χ3n) is 2.28. The highest BCUT2D eigenvalue weighted by molar-refractivity contribution is 5.60. The van der Waals surface area contributed by atoms with Crippen LogP contribution in [-0.2, 0) is 6.54 Å². The zero-order valence-electron chi connectivity index (χ0n) is 9.64. The molecule has 0 fully saturated rings. The van der Waals surface area contributed by atoms with Crippen molar-refractivity contribution < 1.29 is 14.0 Å². The lowest BCUT2D eigenvalue weighted by atomic mass is 10.2. The Morgan fingerprint density at radius 1 is 1.24 bits per heavy atom. The molecule has 0 amide bonds. The minimum atomic E-state index is 0.223. The summed E-state index contributed by atoms with van der Waals surface area (Å²) in [4.78, 5) is 4.13. The molecule has 0 bridgehead atoms. The fourth-order valence-electron chi connectivity index (χ4n) is 1.43. The number of rotatable bonds is 4. The van der Waals surface area contributed by atoms with E-state index in [1.54, 1.807) is 26.4 Å². The average molecular weight is 235 g/mol. The summed E-state index contributed by atoms with van der Waals surface area (Å²) >= 11 is 0. The predicted molar refractivity (Wildman–Crippen MR) is 60.7 cm³/mol. The molecule has 0 aliphatic carbocycles. The maximum Gasteiger partial charge on any atom is 0.240 e. The first-order valence-electron chi connectivity index (χ1n) is 5.03. The Hall–Kier alpha value is -2.08. The molecule has 1 aromatic carbocycles. The molecule has 1 heterocycles. The van der Waals surface area contributed by atoms with Crippen LogP contribution >= 0.6 is 0 Å². The van der Waals surface area contributed by atoms with Crippen molar-refractivity contribution in [3.05, 3.63) is 24.1 Å². The number of benzene rings is 1. The molecule has 6 heteroatoms. The molecular weight excluding hydrogens is 222 g/mol. The van der Waals surface area contributed by atoms with Gasteiger partial charge in [0.1, 0.15) is 0 Å². The third kappa shape index (κ3) is 2.21. The molecule has 0 saturated heterocycles. The quantitative estimate of drug-likeness (QED) is 0.857. The van der Waals surface area contributed by atoms with Gasteiger partial charge in [-0.1, -0.05) is 5.16 Å². The van der Waals surface area contributed by atoms with Crippen LogP contribution in [-0.4, -0.2) is 24.4 Å². The summed E-state index contributed by atoms with van der Waals surface area (Å²) in [5, 5.41) is 3.83. The minimum Gasteiger partial charge on any atom is -0.493 e. The molecule has 6 nitrogen and oxygen atoms in total. The van der Waals surface area contributed by atoms with E-state index < -0.39 is 0 Å². The van der Waals surface area contributed by atoms with Gasteiger partial charge in [-0.25, -0.2) is 0 Å². The SMILES string of the molecule is COc1ccc(-c2noc(CN)n2)cc1OC. The third-order valence-corrected chi connectivity index (χ3v) is 2.28. The lowest BCUT2D eigenvalue weighted by molar-refractivity contribution is 0.355. The highest BCUT2D eigenvalue weighted by Gasteiger charge is 2.11. The zero-order chi connectivity index (χ0) is 12.3. The molecule has 1 aromatic heterocycles. The molecule has 0 aliphatic heterocycles. The summed E-state index contributed by atoms with van der Waals surface area (Å²) in [6.07, 6.45) is 0. The smallest absolute Gasteiger partial charge is 0.240 e. The second-order valence-corrected chi connectivity index (χ2v) is 3.29. The van der Waals surface area contributed by atoms with Crippen LogP contribution in [0.25, 0.3) is 11.4 Å². The van der Waals surface area contributed by atoms with Gasteiger partial charge in [-0.3, -0.25) is 0 Å². The maximum atomic E-state index is 5.40. The number of methoxy groups -OCH3 is 2. The van der Waals surface area contributed by atoms with E-state index in [2.05, 4.69) is 10.1 Å². The molecule has 2 rings (SSSR count). The lowest BCUT2D eigenvalue weighted by Crippen LogP contribution is -1.95.